The summed E-state index contributed by atoms with van der Waals surface area (Å²) in [5, 5.41) is 5.23. The largest absolute Gasteiger partial charge is 0.441 e. The molecule has 4 aromatic rings. The molecule has 0 aliphatic heterocycles. The van der Waals surface area contributed by atoms with Crippen molar-refractivity contribution in [2.24, 2.45) is 0 Å². The smallest absolute Gasteiger partial charge is 0.228 e. The number of fused-ring (bicyclic) bond motifs is 2. The van der Waals surface area contributed by atoms with Crippen LogP contribution in [-0.2, 0) is 11.2 Å². The van der Waals surface area contributed by atoms with Gasteiger partial charge in [0.05, 0.1) is 6.42 Å². The molecule has 0 aliphatic rings. The average molecular weight is 316 g/mol. The van der Waals surface area contributed by atoms with Gasteiger partial charge in [-0.25, -0.2) is 4.98 Å². The predicted octanol–water partition coefficient (Wildman–Crippen LogP) is 4.47. The van der Waals surface area contributed by atoms with Gasteiger partial charge in [0.15, 0.2) is 11.5 Å². The maximum Gasteiger partial charge on any atom is 0.228 e. The molecule has 0 unspecified atom stereocenters. The predicted molar refractivity (Wildman–Crippen MR) is 95.0 cm³/mol. The van der Waals surface area contributed by atoms with Gasteiger partial charge in [-0.2, -0.15) is 0 Å². The number of rotatable bonds is 3. The molecule has 1 aromatic heterocycles. The van der Waals surface area contributed by atoms with Crippen LogP contribution < -0.4 is 5.32 Å². The van der Waals surface area contributed by atoms with E-state index in [-0.39, 0.29) is 5.91 Å². The van der Waals surface area contributed by atoms with E-state index >= 15 is 0 Å². The molecule has 4 rings (SSSR count). The maximum atomic E-state index is 12.3. The van der Waals surface area contributed by atoms with Crippen LogP contribution in [-0.4, -0.2) is 10.9 Å². The summed E-state index contributed by atoms with van der Waals surface area (Å²) in [5.74, 6) is 0.564. The molecule has 0 fully saturated rings. The molecule has 1 heterocycles. The van der Waals surface area contributed by atoms with Crippen molar-refractivity contribution >= 4 is 33.5 Å². The fraction of sp³-hybridized carbons (Fsp3) is 0.100. The first-order valence-electron chi connectivity index (χ1n) is 7.82. The summed E-state index contributed by atoms with van der Waals surface area (Å²) in [4.78, 5) is 16.6. The van der Waals surface area contributed by atoms with E-state index in [1.807, 2.05) is 42.5 Å². The molecular weight excluding hydrogens is 300 g/mol. The number of anilines is 1. The van der Waals surface area contributed by atoms with E-state index in [1.54, 1.807) is 6.92 Å². The average Bonchev–Trinajstić information content (AvgIpc) is 2.94. The van der Waals surface area contributed by atoms with Crippen LogP contribution in [0.2, 0.25) is 0 Å². The second kappa shape index (κ2) is 5.81. The number of nitrogens with zero attached hydrogens (tertiary/aromatic N) is 1. The number of hydrogen-bond donors (Lipinski definition) is 1. The van der Waals surface area contributed by atoms with E-state index in [9.17, 15) is 4.79 Å². The Hall–Kier alpha value is -3.14. The summed E-state index contributed by atoms with van der Waals surface area (Å²) >= 11 is 0. The topological polar surface area (TPSA) is 55.1 Å². The zero-order chi connectivity index (χ0) is 16.5. The minimum Gasteiger partial charge on any atom is -0.441 e. The number of carbonyl (C=O) groups excluding carboxylic acids is 1. The summed E-state index contributed by atoms with van der Waals surface area (Å²) in [5.41, 5.74) is 3.18. The Kier molecular flexibility index (Phi) is 3.50. The molecule has 4 nitrogen and oxygen atoms in total. The van der Waals surface area contributed by atoms with E-state index in [0.717, 1.165) is 27.7 Å². The number of carbonyl (C=O) groups is 1. The zero-order valence-electron chi connectivity index (χ0n) is 13.2. The molecule has 0 aliphatic carbocycles. The molecule has 0 saturated carbocycles. The summed E-state index contributed by atoms with van der Waals surface area (Å²) in [6, 6.07) is 19.7. The molecular formula is C20H16N2O2. The fourth-order valence-electron chi connectivity index (χ4n) is 2.86. The van der Waals surface area contributed by atoms with Crippen LogP contribution in [0.15, 0.2) is 65.1 Å². The number of nitrogens with one attached hydrogen (secondary N) is 1. The van der Waals surface area contributed by atoms with Crippen molar-refractivity contribution in [3.8, 4) is 0 Å². The van der Waals surface area contributed by atoms with Crippen LogP contribution in [0.4, 0.5) is 5.69 Å². The standard InChI is InChI=1S/C20H16N2O2/c1-13-21-18-12-17(8-9-19(18)24-13)22-20(23)11-14-6-7-15-4-2-3-5-16(15)10-14/h2-10,12H,11H2,1H3,(H,22,23). The molecule has 0 saturated heterocycles. The van der Waals surface area contributed by atoms with Gasteiger partial charge >= 0.3 is 0 Å². The summed E-state index contributed by atoms with van der Waals surface area (Å²) < 4.78 is 5.44. The van der Waals surface area contributed by atoms with Gasteiger partial charge in [-0.05, 0) is 34.5 Å². The highest BCUT2D eigenvalue weighted by Crippen LogP contribution is 2.20. The number of aromatic nitrogens is 1. The van der Waals surface area contributed by atoms with E-state index in [1.165, 1.54) is 5.39 Å². The SMILES string of the molecule is Cc1nc2cc(NC(=O)Cc3ccc4ccccc4c3)ccc2o1. The van der Waals surface area contributed by atoms with Gasteiger partial charge in [0.25, 0.3) is 0 Å². The van der Waals surface area contributed by atoms with Gasteiger partial charge in [-0.15, -0.1) is 0 Å². The first-order valence-corrected chi connectivity index (χ1v) is 7.82. The molecule has 3 aromatic carbocycles. The first kappa shape index (κ1) is 14.5. The van der Waals surface area contributed by atoms with E-state index in [4.69, 9.17) is 4.42 Å². The van der Waals surface area contributed by atoms with Gasteiger partial charge in [-0.1, -0.05) is 42.5 Å². The Morgan fingerprint density at radius 3 is 2.75 bits per heavy atom. The number of oxazole rings is 1. The summed E-state index contributed by atoms with van der Waals surface area (Å²) in [6.07, 6.45) is 0.334. The van der Waals surface area contributed by atoms with Crippen LogP contribution >= 0.6 is 0 Å². The summed E-state index contributed by atoms with van der Waals surface area (Å²) in [7, 11) is 0. The Bertz CT molecular complexity index is 1050. The van der Waals surface area contributed by atoms with Gasteiger partial charge in [0, 0.05) is 12.6 Å². The highest BCUT2D eigenvalue weighted by Gasteiger charge is 2.08. The Morgan fingerprint density at radius 2 is 1.88 bits per heavy atom. The molecule has 0 radical (unpaired) electrons. The molecule has 0 atom stereocenters. The van der Waals surface area contributed by atoms with Crippen LogP contribution in [0, 0.1) is 6.92 Å². The maximum absolute atomic E-state index is 12.3. The monoisotopic (exact) mass is 316 g/mol. The molecule has 118 valence electrons. The first-order chi connectivity index (χ1) is 11.7. The van der Waals surface area contributed by atoms with Crippen molar-refractivity contribution in [3.63, 3.8) is 0 Å². The number of benzene rings is 3. The van der Waals surface area contributed by atoms with Crippen LogP contribution in [0.5, 0.6) is 0 Å². The number of hydrogen-bond acceptors (Lipinski definition) is 3. The highest BCUT2D eigenvalue weighted by molar-refractivity contribution is 5.94. The van der Waals surface area contributed by atoms with Crippen molar-refractivity contribution in [2.75, 3.05) is 5.32 Å². The quantitative estimate of drug-likeness (QED) is 0.606. The zero-order valence-corrected chi connectivity index (χ0v) is 13.2. The number of amides is 1. The second-order valence-electron chi connectivity index (χ2n) is 5.82. The van der Waals surface area contributed by atoms with Gasteiger partial charge in [0.1, 0.15) is 5.52 Å². The van der Waals surface area contributed by atoms with Crippen molar-refractivity contribution in [3.05, 3.63) is 72.1 Å². The lowest BCUT2D eigenvalue weighted by Gasteiger charge is -2.06. The lowest BCUT2D eigenvalue weighted by Crippen LogP contribution is -2.14. The molecule has 0 spiro atoms. The van der Waals surface area contributed by atoms with Crippen molar-refractivity contribution in [1.29, 1.82) is 0 Å². The van der Waals surface area contributed by atoms with Gasteiger partial charge in [0.2, 0.25) is 5.91 Å². The van der Waals surface area contributed by atoms with Crippen molar-refractivity contribution < 1.29 is 9.21 Å². The van der Waals surface area contributed by atoms with Crippen LogP contribution in [0.25, 0.3) is 21.9 Å². The minimum atomic E-state index is -0.0511. The Balaban J connectivity index is 1.51. The third kappa shape index (κ3) is 2.86. The lowest BCUT2D eigenvalue weighted by atomic mass is 10.0. The van der Waals surface area contributed by atoms with E-state index < -0.39 is 0 Å². The van der Waals surface area contributed by atoms with Gasteiger partial charge < -0.3 is 9.73 Å². The summed E-state index contributed by atoms with van der Waals surface area (Å²) in [6.45, 7) is 1.80. The fourth-order valence-corrected chi connectivity index (χ4v) is 2.86. The Labute approximate surface area is 139 Å². The van der Waals surface area contributed by atoms with Crippen molar-refractivity contribution in [1.82, 2.24) is 4.98 Å². The minimum absolute atomic E-state index is 0.0511. The normalized spacial score (nSPS) is 11.0. The molecule has 1 amide bonds. The van der Waals surface area contributed by atoms with Crippen molar-refractivity contribution in [2.45, 2.75) is 13.3 Å². The molecule has 0 bridgehead atoms. The van der Waals surface area contributed by atoms with Gasteiger partial charge in [-0.3, -0.25) is 4.79 Å². The second-order valence-corrected chi connectivity index (χ2v) is 5.82. The molecule has 4 heteroatoms. The molecule has 24 heavy (non-hydrogen) atoms. The third-order valence-corrected chi connectivity index (χ3v) is 3.96. The molecule has 1 N–H and O–H groups in total. The highest BCUT2D eigenvalue weighted by atomic mass is 16.3. The van der Waals surface area contributed by atoms with Crippen LogP contribution in [0.3, 0.4) is 0 Å². The lowest BCUT2D eigenvalue weighted by molar-refractivity contribution is -0.115. The van der Waals surface area contributed by atoms with E-state index in [0.29, 0.717) is 12.3 Å². The number of aryl methyl sites for hydroxylation is 1. The third-order valence-electron chi connectivity index (χ3n) is 3.96. The van der Waals surface area contributed by atoms with Crippen LogP contribution in [0.1, 0.15) is 11.5 Å². The van der Waals surface area contributed by atoms with E-state index in [2.05, 4.69) is 28.5 Å². The Morgan fingerprint density at radius 1 is 1.04 bits per heavy atom.